The van der Waals surface area contributed by atoms with Crippen LogP contribution < -0.4 is 9.47 Å². The van der Waals surface area contributed by atoms with E-state index in [4.69, 9.17) is 0 Å². The maximum atomic E-state index is 12.5. The largest absolute Gasteiger partial charge is 0.573 e. The molecular formula is C22H18F6O3S. The van der Waals surface area contributed by atoms with Crippen molar-refractivity contribution in [2.24, 2.45) is 0 Å². The molecule has 0 aliphatic carbocycles. The molecule has 0 atom stereocenters. The molecular weight excluding hydrogens is 458 g/mol. The Labute approximate surface area is 182 Å². The highest BCUT2D eigenvalue weighted by atomic mass is 32.2. The van der Waals surface area contributed by atoms with Crippen molar-refractivity contribution in [3.05, 3.63) is 71.8 Å². The SMILES string of the molecule is Cc1cc([SH](c2ccc(OC(F)(F)F)cc2)c2ccc(OC(F)(F)F)cc2)cc(C)c1O. The van der Waals surface area contributed by atoms with Gasteiger partial charge in [-0.25, -0.2) is 0 Å². The highest BCUT2D eigenvalue weighted by Crippen LogP contribution is 2.53. The fourth-order valence-corrected chi connectivity index (χ4v) is 5.54. The van der Waals surface area contributed by atoms with Crippen LogP contribution in [0, 0.1) is 13.8 Å². The van der Waals surface area contributed by atoms with Gasteiger partial charge in [-0.2, -0.15) is 10.9 Å². The van der Waals surface area contributed by atoms with Crippen molar-refractivity contribution in [2.45, 2.75) is 41.3 Å². The number of thiol groups is 1. The number of aromatic hydroxyl groups is 1. The summed E-state index contributed by atoms with van der Waals surface area (Å²) < 4.78 is 82.7. The Morgan fingerprint density at radius 2 is 0.969 bits per heavy atom. The standard InChI is InChI=1S/C22H18F6O3S/c1-13-11-19(12-14(2)20(13)29)32(17-7-3-15(4-8-17)30-21(23,24)25)18-9-5-16(6-10-18)31-22(26,27)28/h3-12,29,32H,1-2H3. The first kappa shape index (κ1) is 23.6. The molecule has 3 nitrogen and oxygen atoms in total. The van der Waals surface area contributed by atoms with Crippen LogP contribution in [0.15, 0.2) is 75.4 Å². The van der Waals surface area contributed by atoms with E-state index in [0.717, 1.165) is 4.90 Å². The number of aryl methyl sites for hydroxylation is 2. The lowest BCUT2D eigenvalue weighted by atomic mass is 10.1. The number of benzene rings is 3. The van der Waals surface area contributed by atoms with E-state index < -0.39 is 23.6 Å². The minimum absolute atomic E-state index is 0.117. The van der Waals surface area contributed by atoms with Crippen LogP contribution in [0.1, 0.15) is 11.1 Å². The first-order valence-electron chi connectivity index (χ1n) is 9.14. The van der Waals surface area contributed by atoms with E-state index in [1.165, 1.54) is 48.5 Å². The van der Waals surface area contributed by atoms with Gasteiger partial charge in [-0.1, -0.05) is 0 Å². The monoisotopic (exact) mass is 476 g/mol. The van der Waals surface area contributed by atoms with Crippen LogP contribution in [0.5, 0.6) is 17.2 Å². The summed E-state index contributed by atoms with van der Waals surface area (Å²) in [5.74, 6) is -0.655. The van der Waals surface area contributed by atoms with Gasteiger partial charge in [-0.3, -0.25) is 0 Å². The van der Waals surface area contributed by atoms with Gasteiger partial charge < -0.3 is 14.6 Å². The molecule has 10 heteroatoms. The first-order valence-corrected chi connectivity index (χ1v) is 10.5. The Morgan fingerprint density at radius 1 is 0.625 bits per heavy atom. The molecule has 0 unspecified atom stereocenters. The van der Waals surface area contributed by atoms with Gasteiger partial charge in [0.15, 0.2) is 0 Å². The maximum Gasteiger partial charge on any atom is 0.573 e. The quantitative estimate of drug-likeness (QED) is 0.300. The number of hydrogen-bond acceptors (Lipinski definition) is 3. The summed E-state index contributed by atoms with van der Waals surface area (Å²) in [6.45, 7) is 3.42. The lowest BCUT2D eigenvalue weighted by Crippen LogP contribution is -2.17. The molecule has 172 valence electrons. The van der Waals surface area contributed by atoms with Crippen LogP contribution in [-0.4, -0.2) is 17.8 Å². The molecule has 0 aliphatic heterocycles. The predicted octanol–water partition coefficient (Wildman–Crippen LogP) is 7.28. The van der Waals surface area contributed by atoms with E-state index >= 15 is 0 Å². The van der Waals surface area contributed by atoms with Crippen LogP contribution in [0.3, 0.4) is 0 Å². The zero-order valence-corrected chi connectivity index (χ0v) is 17.6. The van der Waals surface area contributed by atoms with Crippen molar-refractivity contribution < 1.29 is 40.9 Å². The molecule has 1 N–H and O–H groups in total. The molecule has 3 aromatic rings. The highest BCUT2D eigenvalue weighted by Gasteiger charge is 2.32. The van der Waals surface area contributed by atoms with Crippen molar-refractivity contribution in [2.75, 3.05) is 0 Å². The van der Waals surface area contributed by atoms with Crippen molar-refractivity contribution in [3.8, 4) is 17.2 Å². The minimum atomic E-state index is -4.83. The second kappa shape index (κ2) is 8.85. The normalized spacial score (nSPS) is 12.4. The Morgan fingerprint density at radius 3 is 1.28 bits per heavy atom. The number of phenols is 1. The molecule has 0 fully saturated rings. The maximum absolute atomic E-state index is 12.5. The number of halogens is 6. The number of rotatable bonds is 5. The zero-order chi connectivity index (χ0) is 23.7. The Hall–Kier alpha value is -3.01. The molecule has 0 saturated heterocycles. The van der Waals surface area contributed by atoms with E-state index in [2.05, 4.69) is 9.47 Å². The third-order valence-electron chi connectivity index (χ3n) is 4.39. The summed E-state index contributed by atoms with van der Waals surface area (Å²) in [7, 11) is -1.37. The van der Waals surface area contributed by atoms with E-state index in [1.807, 2.05) is 0 Å². The third kappa shape index (κ3) is 6.03. The van der Waals surface area contributed by atoms with Crippen molar-refractivity contribution in [3.63, 3.8) is 0 Å². The van der Waals surface area contributed by atoms with Gasteiger partial charge in [0.05, 0.1) is 0 Å². The van der Waals surface area contributed by atoms with Gasteiger partial charge in [-0.05, 0) is 100 Å². The van der Waals surface area contributed by atoms with Crippen molar-refractivity contribution in [1.29, 1.82) is 0 Å². The topological polar surface area (TPSA) is 38.7 Å². The number of ether oxygens (including phenoxy) is 2. The lowest BCUT2D eigenvalue weighted by molar-refractivity contribution is -0.275. The van der Waals surface area contributed by atoms with E-state index in [9.17, 15) is 31.4 Å². The van der Waals surface area contributed by atoms with Crippen molar-refractivity contribution in [1.82, 2.24) is 0 Å². The molecule has 0 spiro atoms. The Bertz CT molecular complexity index is 994. The first-order chi connectivity index (χ1) is 14.8. The van der Waals surface area contributed by atoms with Gasteiger partial charge in [-0.15, -0.1) is 26.3 Å². The smallest absolute Gasteiger partial charge is 0.507 e. The van der Waals surface area contributed by atoms with Crippen LogP contribution >= 0.6 is 10.9 Å². The molecule has 0 aliphatic rings. The summed E-state index contributed by atoms with van der Waals surface area (Å²) >= 11 is 0. The van der Waals surface area contributed by atoms with Gasteiger partial charge in [0.2, 0.25) is 0 Å². The Balaban J connectivity index is 2.04. The highest BCUT2D eigenvalue weighted by molar-refractivity contribution is 8.17. The predicted molar refractivity (Wildman–Crippen MR) is 108 cm³/mol. The van der Waals surface area contributed by atoms with Crippen molar-refractivity contribution >= 4 is 10.9 Å². The number of alkyl halides is 6. The Kier molecular flexibility index (Phi) is 6.54. The molecule has 0 amide bonds. The summed E-state index contributed by atoms with van der Waals surface area (Å²) in [5, 5.41) is 10.1. The summed E-state index contributed by atoms with van der Waals surface area (Å²) in [4.78, 5) is 2.05. The molecule has 3 aromatic carbocycles. The van der Waals surface area contributed by atoms with E-state index in [0.29, 0.717) is 20.9 Å². The van der Waals surface area contributed by atoms with E-state index in [-0.39, 0.29) is 17.2 Å². The van der Waals surface area contributed by atoms with E-state index in [1.54, 1.807) is 26.0 Å². The number of phenolic OH excluding ortho intramolecular Hbond substituents is 1. The summed E-state index contributed by atoms with van der Waals surface area (Å²) in [6, 6.07) is 14.1. The molecule has 0 aromatic heterocycles. The molecule has 0 radical (unpaired) electrons. The van der Waals surface area contributed by atoms with Gasteiger partial charge in [0.25, 0.3) is 0 Å². The average molecular weight is 476 g/mol. The van der Waals surface area contributed by atoms with Gasteiger partial charge >= 0.3 is 12.7 Å². The third-order valence-corrected chi connectivity index (χ3v) is 6.79. The summed E-state index contributed by atoms with van der Waals surface area (Å²) in [5.41, 5.74) is 1.20. The summed E-state index contributed by atoms with van der Waals surface area (Å²) in [6.07, 6.45) is -9.66. The minimum Gasteiger partial charge on any atom is -0.507 e. The van der Waals surface area contributed by atoms with Crippen LogP contribution in [0.25, 0.3) is 0 Å². The molecule has 3 rings (SSSR count). The average Bonchev–Trinajstić information content (AvgIpc) is 2.66. The van der Waals surface area contributed by atoms with Gasteiger partial charge in [0, 0.05) is 0 Å². The fraction of sp³-hybridized carbons (Fsp3) is 0.182. The molecule has 32 heavy (non-hydrogen) atoms. The molecule has 0 saturated carbocycles. The second-order valence-electron chi connectivity index (χ2n) is 6.85. The molecule has 0 heterocycles. The lowest BCUT2D eigenvalue weighted by Gasteiger charge is -2.25. The molecule has 0 bridgehead atoms. The van der Waals surface area contributed by atoms with Gasteiger partial charge in [0.1, 0.15) is 17.2 Å². The zero-order valence-electron chi connectivity index (χ0n) is 16.8. The second-order valence-corrected chi connectivity index (χ2v) is 9.07. The van der Waals surface area contributed by atoms with Crippen LogP contribution in [0.4, 0.5) is 26.3 Å². The van der Waals surface area contributed by atoms with Crippen LogP contribution in [0.2, 0.25) is 0 Å². The number of hydrogen-bond donors (Lipinski definition) is 2. The fourth-order valence-electron chi connectivity index (χ4n) is 3.10. The van der Waals surface area contributed by atoms with Crippen LogP contribution in [-0.2, 0) is 0 Å².